The number of anilines is 1. The van der Waals surface area contributed by atoms with Crippen LogP contribution in [0, 0.1) is 6.92 Å². The SMILES string of the molecule is COc1ccc(C2=CSC(C)(c3c(C)noc3N)N2)cc1. The number of hydrogen-bond donors (Lipinski definition) is 2. The van der Waals surface area contributed by atoms with E-state index in [4.69, 9.17) is 15.0 Å². The van der Waals surface area contributed by atoms with E-state index < -0.39 is 0 Å². The molecule has 2 heterocycles. The van der Waals surface area contributed by atoms with Crippen LogP contribution >= 0.6 is 11.8 Å². The molecule has 2 aromatic rings. The summed E-state index contributed by atoms with van der Waals surface area (Å²) in [6.45, 7) is 3.97. The number of aromatic nitrogens is 1. The zero-order valence-electron chi connectivity index (χ0n) is 12.1. The molecule has 3 N–H and O–H groups in total. The molecule has 1 unspecified atom stereocenters. The van der Waals surface area contributed by atoms with Gasteiger partial charge < -0.3 is 20.3 Å². The van der Waals surface area contributed by atoms with Gasteiger partial charge in [-0.3, -0.25) is 0 Å². The first-order valence-electron chi connectivity index (χ1n) is 6.56. The molecular weight excluding hydrogens is 286 g/mol. The maximum atomic E-state index is 5.91. The van der Waals surface area contributed by atoms with Gasteiger partial charge in [0.2, 0.25) is 5.88 Å². The van der Waals surface area contributed by atoms with E-state index in [1.165, 1.54) is 0 Å². The standard InChI is InChI=1S/C15H17N3O2S/c1-9-13(14(16)20-18-9)15(2)17-12(8-21-15)10-4-6-11(19-3)7-5-10/h4-8,17H,16H2,1-3H3. The second-order valence-electron chi connectivity index (χ2n) is 5.04. The van der Waals surface area contributed by atoms with Crippen molar-refractivity contribution in [3.8, 4) is 5.75 Å². The Morgan fingerprint density at radius 3 is 2.62 bits per heavy atom. The summed E-state index contributed by atoms with van der Waals surface area (Å²) in [5.41, 5.74) is 9.75. The predicted molar refractivity (Wildman–Crippen MR) is 84.7 cm³/mol. The number of aryl methyl sites for hydroxylation is 1. The van der Waals surface area contributed by atoms with Crippen LogP contribution in [0.3, 0.4) is 0 Å². The maximum absolute atomic E-state index is 5.91. The van der Waals surface area contributed by atoms with Crippen LogP contribution in [0.15, 0.2) is 34.2 Å². The van der Waals surface area contributed by atoms with Gasteiger partial charge in [-0.15, -0.1) is 0 Å². The van der Waals surface area contributed by atoms with Gasteiger partial charge >= 0.3 is 0 Å². The summed E-state index contributed by atoms with van der Waals surface area (Å²) < 4.78 is 10.3. The minimum absolute atomic E-state index is 0.361. The smallest absolute Gasteiger partial charge is 0.228 e. The van der Waals surface area contributed by atoms with Crippen molar-refractivity contribution in [2.45, 2.75) is 18.7 Å². The Hall–Kier alpha value is -2.08. The summed E-state index contributed by atoms with van der Waals surface area (Å²) in [7, 11) is 1.66. The summed E-state index contributed by atoms with van der Waals surface area (Å²) >= 11 is 1.66. The van der Waals surface area contributed by atoms with Gasteiger partial charge in [0.1, 0.15) is 10.6 Å². The molecule has 0 saturated carbocycles. The third-order valence-corrected chi connectivity index (χ3v) is 4.68. The number of nitrogen functional groups attached to an aromatic ring is 1. The fraction of sp³-hybridized carbons (Fsp3) is 0.267. The van der Waals surface area contributed by atoms with Gasteiger partial charge in [-0.2, -0.15) is 0 Å². The molecule has 21 heavy (non-hydrogen) atoms. The van der Waals surface area contributed by atoms with Gasteiger partial charge in [0.25, 0.3) is 0 Å². The molecule has 110 valence electrons. The molecule has 0 spiro atoms. The second-order valence-corrected chi connectivity index (χ2v) is 6.33. The van der Waals surface area contributed by atoms with Crippen molar-refractivity contribution in [2.24, 2.45) is 0 Å². The van der Waals surface area contributed by atoms with Crippen molar-refractivity contribution in [3.05, 3.63) is 46.5 Å². The quantitative estimate of drug-likeness (QED) is 0.908. The largest absolute Gasteiger partial charge is 0.497 e. The van der Waals surface area contributed by atoms with Crippen molar-refractivity contribution in [3.63, 3.8) is 0 Å². The Kier molecular flexibility index (Phi) is 3.33. The Labute approximate surface area is 127 Å². The minimum atomic E-state index is -0.372. The highest BCUT2D eigenvalue weighted by Gasteiger charge is 2.37. The van der Waals surface area contributed by atoms with Gasteiger partial charge in [0.15, 0.2) is 0 Å². The van der Waals surface area contributed by atoms with Gasteiger partial charge in [0, 0.05) is 5.70 Å². The number of hydrogen-bond acceptors (Lipinski definition) is 6. The number of thioether (sulfide) groups is 1. The van der Waals surface area contributed by atoms with Crippen LogP contribution in [0.2, 0.25) is 0 Å². The van der Waals surface area contributed by atoms with Crippen LogP contribution in [-0.4, -0.2) is 12.3 Å². The molecule has 1 aromatic carbocycles. The summed E-state index contributed by atoms with van der Waals surface area (Å²) in [5.74, 6) is 1.20. The van der Waals surface area contributed by atoms with Crippen LogP contribution < -0.4 is 15.8 Å². The highest BCUT2D eigenvalue weighted by molar-refractivity contribution is 8.03. The number of nitrogens with one attached hydrogen (secondary N) is 1. The average Bonchev–Trinajstić information content (AvgIpc) is 3.03. The highest BCUT2D eigenvalue weighted by atomic mass is 32.2. The molecule has 3 rings (SSSR count). The first-order valence-corrected chi connectivity index (χ1v) is 7.44. The van der Waals surface area contributed by atoms with Crippen LogP contribution in [0.5, 0.6) is 5.75 Å². The fourth-order valence-electron chi connectivity index (χ4n) is 2.49. The minimum Gasteiger partial charge on any atom is -0.497 e. The zero-order valence-corrected chi connectivity index (χ0v) is 13.0. The summed E-state index contributed by atoms with van der Waals surface area (Å²) in [6.07, 6.45) is 0. The molecule has 0 radical (unpaired) electrons. The van der Waals surface area contributed by atoms with E-state index in [2.05, 4.69) is 22.8 Å². The highest BCUT2D eigenvalue weighted by Crippen LogP contribution is 2.46. The Morgan fingerprint density at radius 1 is 1.33 bits per heavy atom. The van der Waals surface area contributed by atoms with E-state index in [1.54, 1.807) is 18.9 Å². The number of benzene rings is 1. The molecule has 0 fully saturated rings. The molecule has 1 aliphatic rings. The normalized spacial score (nSPS) is 21.0. The predicted octanol–water partition coefficient (Wildman–Crippen LogP) is 3.08. The van der Waals surface area contributed by atoms with Crippen LogP contribution in [0.1, 0.15) is 23.7 Å². The van der Waals surface area contributed by atoms with E-state index in [-0.39, 0.29) is 4.87 Å². The second kappa shape index (κ2) is 5.04. The number of methoxy groups -OCH3 is 1. The molecule has 0 amide bonds. The molecule has 5 nitrogen and oxygen atoms in total. The van der Waals surface area contributed by atoms with Gasteiger partial charge in [0.05, 0.1) is 18.4 Å². The molecule has 0 aliphatic carbocycles. The van der Waals surface area contributed by atoms with Crippen LogP contribution in [0.4, 0.5) is 5.88 Å². The van der Waals surface area contributed by atoms with Gasteiger partial charge in [-0.25, -0.2) is 0 Å². The van der Waals surface area contributed by atoms with Crippen molar-refractivity contribution in [2.75, 3.05) is 12.8 Å². The van der Waals surface area contributed by atoms with Crippen molar-refractivity contribution in [1.29, 1.82) is 0 Å². The van der Waals surface area contributed by atoms with Gasteiger partial charge in [-0.05, 0) is 49.1 Å². The fourth-order valence-corrected chi connectivity index (χ4v) is 3.58. The third kappa shape index (κ3) is 2.35. The van der Waals surface area contributed by atoms with E-state index in [0.717, 1.165) is 28.3 Å². The molecule has 0 saturated heterocycles. The number of nitrogens with zero attached hydrogens (tertiary/aromatic N) is 1. The molecule has 0 bridgehead atoms. The summed E-state index contributed by atoms with van der Waals surface area (Å²) in [5, 5.41) is 9.53. The zero-order chi connectivity index (χ0) is 15.0. The molecule has 1 aliphatic heterocycles. The monoisotopic (exact) mass is 303 g/mol. The van der Waals surface area contributed by atoms with E-state index >= 15 is 0 Å². The van der Waals surface area contributed by atoms with E-state index in [1.807, 2.05) is 31.2 Å². The van der Waals surface area contributed by atoms with Crippen molar-refractivity contribution >= 4 is 23.3 Å². The lowest BCUT2D eigenvalue weighted by molar-refractivity contribution is 0.415. The molecule has 1 aromatic heterocycles. The summed E-state index contributed by atoms with van der Waals surface area (Å²) in [6, 6.07) is 7.93. The maximum Gasteiger partial charge on any atom is 0.228 e. The Balaban J connectivity index is 1.86. The topological polar surface area (TPSA) is 73.3 Å². The lowest BCUT2D eigenvalue weighted by atomic mass is 10.1. The van der Waals surface area contributed by atoms with Gasteiger partial charge in [-0.1, -0.05) is 16.9 Å². The lowest BCUT2D eigenvalue weighted by Gasteiger charge is -2.25. The molecule has 6 heteroatoms. The Morgan fingerprint density at radius 2 is 2.05 bits per heavy atom. The number of nitrogens with two attached hydrogens (primary N) is 1. The van der Waals surface area contributed by atoms with Crippen molar-refractivity contribution < 1.29 is 9.26 Å². The molecular formula is C15H17N3O2S. The van der Waals surface area contributed by atoms with E-state index in [0.29, 0.717) is 5.88 Å². The summed E-state index contributed by atoms with van der Waals surface area (Å²) in [4.78, 5) is -0.372. The number of rotatable bonds is 3. The first kappa shape index (κ1) is 13.9. The van der Waals surface area contributed by atoms with Crippen LogP contribution in [-0.2, 0) is 4.87 Å². The van der Waals surface area contributed by atoms with Crippen LogP contribution in [0.25, 0.3) is 5.70 Å². The average molecular weight is 303 g/mol. The lowest BCUT2D eigenvalue weighted by Crippen LogP contribution is -2.32. The van der Waals surface area contributed by atoms with E-state index in [9.17, 15) is 0 Å². The Bertz CT molecular complexity index is 674. The first-order chi connectivity index (χ1) is 10.0. The molecule has 1 atom stereocenters. The van der Waals surface area contributed by atoms with Crippen molar-refractivity contribution in [1.82, 2.24) is 10.5 Å². The third-order valence-electron chi connectivity index (χ3n) is 3.55. The number of ether oxygens (including phenoxy) is 1.